The fourth-order valence-corrected chi connectivity index (χ4v) is 2.22. The normalized spacial score (nSPS) is 14.6. The third kappa shape index (κ3) is 2.45. The van der Waals surface area contributed by atoms with Crippen molar-refractivity contribution in [3.63, 3.8) is 0 Å². The summed E-state index contributed by atoms with van der Waals surface area (Å²) in [5.74, 6) is 0.937. The SMILES string of the molecule is CCCC(C#N)=C(Cl)c1ccc2c(c1)CCO2. The van der Waals surface area contributed by atoms with Crippen molar-refractivity contribution in [2.24, 2.45) is 0 Å². The van der Waals surface area contributed by atoms with Crippen LogP contribution in [0.15, 0.2) is 23.8 Å². The van der Waals surface area contributed by atoms with Gasteiger partial charge in [-0.2, -0.15) is 5.26 Å². The summed E-state index contributed by atoms with van der Waals surface area (Å²) in [6.07, 6.45) is 2.57. The number of allylic oxidation sites excluding steroid dienone is 1. The van der Waals surface area contributed by atoms with Crippen LogP contribution in [0.2, 0.25) is 0 Å². The van der Waals surface area contributed by atoms with E-state index in [1.807, 2.05) is 25.1 Å². The van der Waals surface area contributed by atoms with Crippen molar-refractivity contribution in [1.29, 1.82) is 5.26 Å². The van der Waals surface area contributed by atoms with Crippen molar-refractivity contribution in [2.45, 2.75) is 26.2 Å². The van der Waals surface area contributed by atoms with E-state index < -0.39 is 0 Å². The average molecular weight is 248 g/mol. The molecule has 0 N–H and O–H groups in total. The average Bonchev–Trinajstić information content (AvgIpc) is 2.82. The summed E-state index contributed by atoms with van der Waals surface area (Å²) in [5, 5.41) is 9.64. The predicted molar refractivity (Wildman–Crippen MR) is 68.9 cm³/mol. The van der Waals surface area contributed by atoms with Gasteiger partial charge in [-0.3, -0.25) is 0 Å². The topological polar surface area (TPSA) is 33.0 Å². The number of fused-ring (bicyclic) bond motifs is 1. The minimum Gasteiger partial charge on any atom is -0.493 e. The Morgan fingerprint density at radius 2 is 2.35 bits per heavy atom. The highest BCUT2D eigenvalue weighted by Crippen LogP contribution is 2.32. The predicted octanol–water partition coefficient (Wildman–Crippen LogP) is 3.90. The number of ether oxygens (including phenoxy) is 1. The van der Waals surface area contributed by atoms with Crippen LogP contribution in [0.3, 0.4) is 0 Å². The van der Waals surface area contributed by atoms with Crippen LogP contribution in [0.25, 0.3) is 5.03 Å². The molecule has 1 aromatic carbocycles. The minimum atomic E-state index is 0.573. The Kier molecular flexibility index (Phi) is 3.71. The number of hydrogen-bond donors (Lipinski definition) is 0. The largest absolute Gasteiger partial charge is 0.493 e. The molecule has 0 saturated carbocycles. The summed E-state index contributed by atoms with van der Waals surface area (Å²) in [6.45, 7) is 2.78. The van der Waals surface area contributed by atoms with Crippen molar-refractivity contribution < 1.29 is 4.74 Å². The van der Waals surface area contributed by atoms with Crippen molar-refractivity contribution in [2.75, 3.05) is 6.61 Å². The van der Waals surface area contributed by atoms with Gasteiger partial charge in [-0.25, -0.2) is 0 Å². The molecule has 17 heavy (non-hydrogen) atoms. The molecule has 0 unspecified atom stereocenters. The van der Waals surface area contributed by atoms with Gasteiger partial charge in [0.15, 0.2) is 0 Å². The number of nitrogens with zero attached hydrogens (tertiary/aromatic N) is 1. The lowest BCUT2D eigenvalue weighted by Gasteiger charge is -2.05. The number of hydrogen-bond acceptors (Lipinski definition) is 2. The molecule has 0 fully saturated rings. The molecular formula is C14H14ClNO. The van der Waals surface area contributed by atoms with Crippen molar-refractivity contribution in [3.8, 4) is 11.8 Å². The molecule has 0 bridgehead atoms. The second kappa shape index (κ2) is 5.25. The highest BCUT2D eigenvalue weighted by atomic mass is 35.5. The van der Waals surface area contributed by atoms with Crippen LogP contribution in [0, 0.1) is 11.3 Å². The van der Waals surface area contributed by atoms with E-state index in [-0.39, 0.29) is 0 Å². The van der Waals surface area contributed by atoms with Gasteiger partial charge < -0.3 is 4.74 Å². The van der Waals surface area contributed by atoms with E-state index in [1.165, 1.54) is 5.56 Å². The van der Waals surface area contributed by atoms with Gasteiger partial charge in [0.1, 0.15) is 5.75 Å². The van der Waals surface area contributed by atoms with Gasteiger partial charge in [-0.15, -0.1) is 0 Å². The molecule has 1 heterocycles. The maximum atomic E-state index is 9.07. The van der Waals surface area contributed by atoms with Crippen molar-refractivity contribution in [3.05, 3.63) is 34.9 Å². The van der Waals surface area contributed by atoms with Gasteiger partial charge in [-0.1, -0.05) is 24.9 Å². The Balaban J connectivity index is 2.37. The number of nitriles is 1. The second-order valence-corrected chi connectivity index (χ2v) is 4.45. The molecule has 1 aliphatic rings. The zero-order chi connectivity index (χ0) is 12.3. The van der Waals surface area contributed by atoms with E-state index >= 15 is 0 Å². The van der Waals surface area contributed by atoms with Crippen LogP contribution in [0.5, 0.6) is 5.75 Å². The third-order valence-corrected chi connectivity index (χ3v) is 3.29. The standard InChI is InChI=1S/C14H14ClNO/c1-2-3-12(9-16)14(15)11-4-5-13-10(8-11)6-7-17-13/h4-5,8H,2-3,6-7H2,1H3. The number of rotatable bonds is 3. The summed E-state index contributed by atoms with van der Waals surface area (Å²) in [5.41, 5.74) is 2.75. The highest BCUT2D eigenvalue weighted by molar-refractivity contribution is 6.49. The smallest absolute Gasteiger partial charge is 0.122 e. The summed E-state index contributed by atoms with van der Waals surface area (Å²) in [7, 11) is 0. The number of halogens is 1. The molecule has 0 amide bonds. The summed E-state index contributed by atoms with van der Waals surface area (Å²) >= 11 is 6.27. The molecule has 0 radical (unpaired) electrons. The summed E-state index contributed by atoms with van der Waals surface area (Å²) in [4.78, 5) is 0. The Morgan fingerprint density at radius 1 is 1.53 bits per heavy atom. The van der Waals surface area contributed by atoms with Crippen LogP contribution >= 0.6 is 11.6 Å². The molecule has 0 spiro atoms. The molecule has 0 aromatic heterocycles. The lowest BCUT2D eigenvalue weighted by atomic mass is 10.0. The van der Waals surface area contributed by atoms with Crippen LogP contribution in [-0.2, 0) is 6.42 Å². The molecule has 2 rings (SSSR count). The maximum absolute atomic E-state index is 9.07. The molecule has 0 atom stereocenters. The molecule has 2 nitrogen and oxygen atoms in total. The van der Waals surface area contributed by atoms with E-state index in [1.54, 1.807) is 0 Å². The van der Waals surface area contributed by atoms with Crippen LogP contribution in [0.4, 0.5) is 0 Å². The zero-order valence-electron chi connectivity index (χ0n) is 9.79. The summed E-state index contributed by atoms with van der Waals surface area (Å²) in [6, 6.07) is 8.06. The minimum absolute atomic E-state index is 0.573. The second-order valence-electron chi connectivity index (χ2n) is 4.08. The van der Waals surface area contributed by atoms with Gasteiger partial charge in [0.25, 0.3) is 0 Å². The molecular weight excluding hydrogens is 234 g/mol. The monoisotopic (exact) mass is 247 g/mol. The van der Waals surface area contributed by atoms with Crippen molar-refractivity contribution >= 4 is 16.6 Å². The van der Waals surface area contributed by atoms with Crippen LogP contribution in [-0.4, -0.2) is 6.61 Å². The van der Waals surface area contributed by atoms with Gasteiger partial charge in [0.2, 0.25) is 0 Å². The Hall–Kier alpha value is -1.46. The molecule has 1 aromatic rings. The molecule has 1 aliphatic heterocycles. The first-order valence-electron chi connectivity index (χ1n) is 5.81. The van der Waals surface area contributed by atoms with Gasteiger partial charge in [-0.05, 0) is 35.7 Å². The van der Waals surface area contributed by atoms with E-state index in [2.05, 4.69) is 6.07 Å². The van der Waals surface area contributed by atoms with E-state index in [9.17, 15) is 0 Å². The quantitative estimate of drug-likeness (QED) is 0.759. The number of benzene rings is 1. The molecule has 3 heteroatoms. The Morgan fingerprint density at radius 3 is 3.06 bits per heavy atom. The van der Waals surface area contributed by atoms with Crippen LogP contribution in [0.1, 0.15) is 30.9 Å². The Labute approximate surface area is 106 Å². The lowest BCUT2D eigenvalue weighted by molar-refractivity contribution is 0.357. The first-order valence-corrected chi connectivity index (χ1v) is 6.19. The van der Waals surface area contributed by atoms with E-state index in [0.717, 1.165) is 37.2 Å². The molecule has 0 aliphatic carbocycles. The highest BCUT2D eigenvalue weighted by Gasteiger charge is 2.14. The lowest BCUT2D eigenvalue weighted by Crippen LogP contribution is -1.87. The first-order chi connectivity index (χ1) is 8.26. The molecule has 0 saturated heterocycles. The zero-order valence-corrected chi connectivity index (χ0v) is 10.5. The Bertz CT molecular complexity index is 499. The van der Waals surface area contributed by atoms with Gasteiger partial charge >= 0.3 is 0 Å². The third-order valence-electron chi connectivity index (χ3n) is 2.84. The van der Waals surface area contributed by atoms with Gasteiger partial charge in [0, 0.05) is 12.0 Å². The fraction of sp³-hybridized carbons (Fsp3) is 0.357. The summed E-state index contributed by atoms with van der Waals surface area (Å²) < 4.78 is 5.44. The van der Waals surface area contributed by atoms with Crippen LogP contribution < -0.4 is 4.74 Å². The van der Waals surface area contributed by atoms with E-state index in [0.29, 0.717) is 10.6 Å². The van der Waals surface area contributed by atoms with Crippen molar-refractivity contribution in [1.82, 2.24) is 0 Å². The first kappa shape index (κ1) is 12.0. The maximum Gasteiger partial charge on any atom is 0.122 e. The molecule has 88 valence electrons. The fourth-order valence-electron chi connectivity index (χ4n) is 1.96. The van der Waals surface area contributed by atoms with Gasteiger partial charge in [0.05, 0.1) is 17.7 Å². The van der Waals surface area contributed by atoms with E-state index in [4.69, 9.17) is 21.6 Å².